The van der Waals surface area contributed by atoms with Crippen LogP contribution >= 0.6 is 0 Å². The number of aromatic amines is 1. The molecule has 3 rings (SSSR count). The Labute approximate surface area is 128 Å². The van der Waals surface area contributed by atoms with Crippen LogP contribution in [-0.4, -0.2) is 39.8 Å². The van der Waals surface area contributed by atoms with Crippen LogP contribution in [0.15, 0.2) is 18.2 Å². The summed E-state index contributed by atoms with van der Waals surface area (Å²) in [7, 11) is 0. The van der Waals surface area contributed by atoms with E-state index in [0.29, 0.717) is 19.5 Å². The number of hydrogen-bond donors (Lipinski definition) is 2. The average molecular weight is 300 g/mol. The number of aromatic nitrogens is 2. The van der Waals surface area contributed by atoms with E-state index in [9.17, 15) is 9.59 Å². The summed E-state index contributed by atoms with van der Waals surface area (Å²) in [6.45, 7) is 3.21. The van der Waals surface area contributed by atoms with Crippen molar-refractivity contribution in [1.29, 1.82) is 0 Å². The first kappa shape index (κ1) is 14.6. The number of carbonyl (C=O) groups excluding carboxylic acids is 2. The largest absolute Gasteiger partial charge is 0.350 e. The molecule has 1 saturated heterocycles. The minimum atomic E-state index is -0.115. The summed E-state index contributed by atoms with van der Waals surface area (Å²) in [5.74, 6) is 0.840. The molecule has 0 aliphatic carbocycles. The van der Waals surface area contributed by atoms with Gasteiger partial charge in [-0.05, 0) is 37.5 Å². The molecule has 22 heavy (non-hydrogen) atoms. The quantitative estimate of drug-likeness (QED) is 0.898. The molecule has 0 saturated carbocycles. The maximum absolute atomic E-state index is 12.0. The molecular formula is C16H20N4O2. The number of aryl methyl sites for hydroxylation is 1. The molecule has 2 N–H and O–H groups in total. The van der Waals surface area contributed by atoms with E-state index in [1.807, 2.05) is 25.1 Å². The predicted molar refractivity (Wildman–Crippen MR) is 83.1 cm³/mol. The first-order valence-corrected chi connectivity index (χ1v) is 7.61. The van der Waals surface area contributed by atoms with Gasteiger partial charge in [-0.3, -0.25) is 9.59 Å². The number of hydrogen-bond acceptors (Lipinski definition) is 3. The van der Waals surface area contributed by atoms with Crippen molar-refractivity contribution in [3.63, 3.8) is 0 Å². The summed E-state index contributed by atoms with van der Waals surface area (Å²) in [4.78, 5) is 32.8. The van der Waals surface area contributed by atoms with Crippen LogP contribution < -0.4 is 5.32 Å². The van der Waals surface area contributed by atoms with Crippen LogP contribution in [0.25, 0.3) is 11.0 Å². The molecule has 116 valence electrons. The molecule has 1 aromatic heterocycles. The van der Waals surface area contributed by atoms with Gasteiger partial charge in [0.2, 0.25) is 11.8 Å². The highest BCUT2D eigenvalue weighted by atomic mass is 16.2. The third-order valence-corrected chi connectivity index (χ3v) is 3.91. The van der Waals surface area contributed by atoms with Crippen LogP contribution in [0.4, 0.5) is 0 Å². The van der Waals surface area contributed by atoms with E-state index in [0.717, 1.165) is 35.3 Å². The molecule has 2 amide bonds. The second-order valence-electron chi connectivity index (χ2n) is 5.72. The fourth-order valence-corrected chi connectivity index (χ4v) is 2.75. The standard InChI is InChI=1S/C16H20N4O2/c1-11-18-13-6-5-12(8-14(13)19-11)9-17-15(21)10-20-7-3-2-4-16(20)22/h5-6,8H,2-4,7,9-10H2,1H3,(H,17,21)(H,18,19). The van der Waals surface area contributed by atoms with Crippen molar-refractivity contribution in [1.82, 2.24) is 20.2 Å². The fourth-order valence-electron chi connectivity index (χ4n) is 2.75. The summed E-state index contributed by atoms with van der Waals surface area (Å²) >= 11 is 0. The lowest BCUT2D eigenvalue weighted by molar-refractivity contribution is -0.137. The zero-order chi connectivity index (χ0) is 15.5. The van der Waals surface area contributed by atoms with E-state index in [2.05, 4.69) is 15.3 Å². The highest BCUT2D eigenvalue weighted by molar-refractivity contribution is 5.85. The van der Waals surface area contributed by atoms with Crippen LogP contribution in [-0.2, 0) is 16.1 Å². The number of likely N-dealkylation sites (tertiary alicyclic amines) is 1. The average Bonchev–Trinajstić information content (AvgIpc) is 2.87. The van der Waals surface area contributed by atoms with Gasteiger partial charge in [0.15, 0.2) is 0 Å². The number of nitrogens with one attached hydrogen (secondary N) is 2. The van der Waals surface area contributed by atoms with Crippen LogP contribution in [0.2, 0.25) is 0 Å². The SMILES string of the molecule is Cc1nc2ccc(CNC(=O)CN3CCCCC3=O)cc2[nH]1. The van der Waals surface area contributed by atoms with Gasteiger partial charge in [-0.2, -0.15) is 0 Å². The lowest BCUT2D eigenvalue weighted by Gasteiger charge is -2.25. The molecule has 0 radical (unpaired) electrons. The molecule has 0 spiro atoms. The first-order chi connectivity index (χ1) is 10.6. The summed E-state index contributed by atoms with van der Waals surface area (Å²) in [5.41, 5.74) is 2.90. The van der Waals surface area contributed by atoms with E-state index in [4.69, 9.17) is 0 Å². The Hall–Kier alpha value is -2.37. The minimum absolute atomic E-state index is 0.0794. The monoisotopic (exact) mass is 300 g/mol. The van der Waals surface area contributed by atoms with Crippen LogP contribution in [0, 0.1) is 6.92 Å². The number of H-pyrrole nitrogens is 1. The molecule has 2 aromatic rings. The van der Waals surface area contributed by atoms with Crippen LogP contribution in [0.5, 0.6) is 0 Å². The Morgan fingerprint density at radius 3 is 3.09 bits per heavy atom. The summed E-state index contributed by atoms with van der Waals surface area (Å²) < 4.78 is 0. The maximum Gasteiger partial charge on any atom is 0.239 e. The van der Waals surface area contributed by atoms with E-state index in [-0.39, 0.29) is 18.4 Å². The second kappa shape index (κ2) is 6.17. The van der Waals surface area contributed by atoms with Crippen molar-refractivity contribution in [2.45, 2.75) is 32.7 Å². The molecular weight excluding hydrogens is 280 g/mol. The zero-order valence-electron chi connectivity index (χ0n) is 12.7. The van der Waals surface area contributed by atoms with Crippen molar-refractivity contribution in [3.8, 4) is 0 Å². The van der Waals surface area contributed by atoms with Gasteiger partial charge in [0.25, 0.3) is 0 Å². The molecule has 1 aromatic carbocycles. The number of rotatable bonds is 4. The number of carbonyl (C=O) groups is 2. The highest BCUT2D eigenvalue weighted by Gasteiger charge is 2.20. The minimum Gasteiger partial charge on any atom is -0.350 e. The number of nitrogens with zero attached hydrogens (tertiary/aromatic N) is 2. The van der Waals surface area contributed by atoms with Crippen LogP contribution in [0.3, 0.4) is 0 Å². The van der Waals surface area contributed by atoms with E-state index >= 15 is 0 Å². The topological polar surface area (TPSA) is 78.1 Å². The summed E-state index contributed by atoms with van der Waals surface area (Å²) in [6, 6.07) is 5.88. The van der Waals surface area contributed by atoms with Crippen molar-refractivity contribution < 1.29 is 9.59 Å². The predicted octanol–water partition coefficient (Wildman–Crippen LogP) is 1.50. The van der Waals surface area contributed by atoms with Gasteiger partial charge >= 0.3 is 0 Å². The van der Waals surface area contributed by atoms with Gasteiger partial charge < -0.3 is 15.2 Å². The third-order valence-electron chi connectivity index (χ3n) is 3.91. The fraction of sp³-hybridized carbons (Fsp3) is 0.438. The van der Waals surface area contributed by atoms with E-state index in [1.54, 1.807) is 4.90 Å². The molecule has 0 unspecified atom stereocenters. The van der Waals surface area contributed by atoms with Gasteiger partial charge in [0.05, 0.1) is 17.6 Å². The number of imidazole rings is 1. The van der Waals surface area contributed by atoms with Gasteiger partial charge in [0.1, 0.15) is 5.82 Å². The molecule has 6 nitrogen and oxygen atoms in total. The Morgan fingerprint density at radius 1 is 1.41 bits per heavy atom. The van der Waals surface area contributed by atoms with Crippen molar-refractivity contribution in [2.24, 2.45) is 0 Å². The Morgan fingerprint density at radius 2 is 2.27 bits per heavy atom. The second-order valence-corrected chi connectivity index (χ2v) is 5.72. The maximum atomic E-state index is 12.0. The lowest BCUT2D eigenvalue weighted by atomic mass is 10.1. The lowest BCUT2D eigenvalue weighted by Crippen LogP contribution is -2.42. The normalized spacial score (nSPS) is 15.3. The van der Waals surface area contributed by atoms with Crippen molar-refractivity contribution >= 4 is 22.8 Å². The third kappa shape index (κ3) is 3.27. The molecule has 1 fully saturated rings. The number of amides is 2. The molecule has 6 heteroatoms. The van der Waals surface area contributed by atoms with E-state index in [1.165, 1.54) is 0 Å². The number of fused-ring (bicyclic) bond motifs is 1. The van der Waals surface area contributed by atoms with Crippen molar-refractivity contribution in [2.75, 3.05) is 13.1 Å². The van der Waals surface area contributed by atoms with Crippen LogP contribution in [0.1, 0.15) is 30.7 Å². The zero-order valence-corrected chi connectivity index (χ0v) is 12.7. The molecule has 1 aliphatic heterocycles. The summed E-state index contributed by atoms with van der Waals surface area (Å²) in [5, 5.41) is 2.87. The van der Waals surface area contributed by atoms with E-state index < -0.39 is 0 Å². The first-order valence-electron chi connectivity index (χ1n) is 7.61. The molecule has 0 atom stereocenters. The highest BCUT2D eigenvalue weighted by Crippen LogP contribution is 2.13. The van der Waals surface area contributed by atoms with Gasteiger partial charge in [-0.25, -0.2) is 4.98 Å². The Bertz CT molecular complexity index is 707. The Kier molecular flexibility index (Phi) is 4.09. The molecule has 0 bridgehead atoms. The van der Waals surface area contributed by atoms with Crippen molar-refractivity contribution in [3.05, 3.63) is 29.6 Å². The number of benzene rings is 1. The van der Waals surface area contributed by atoms with Gasteiger partial charge in [-0.15, -0.1) is 0 Å². The smallest absolute Gasteiger partial charge is 0.239 e. The van der Waals surface area contributed by atoms with Gasteiger partial charge in [0, 0.05) is 19.5 Å². The molecule has 2 heterocycles. The molecule has 1 aliphatic rings. The Balaban J connectivity index is 1.56. The van der Waals surface area contributed by atoms with Gasteiger partial charge in [-0.1, -0.05) is 6.07 Å². The number of piperidine rings is 1. The summed E-state index contributed by atoms with van der Waals surface area (Å²) in [6.07, 6.45) is 2.47.